The van der Waals surface area contributed by atoms with Crippen LogP contribution in [0.15, 0.2) is 48.5 Å². The molecule has 2 aromatic carbocycles. The van der Waals surface area contributed by atoms with Gasteiger partial charge in [0.2, 0.25) is 0 Å². The Balaban J connectivity index is 1.46. The van der Waals surface area contributed by atoms with E-state index in [4.69, 9.17) is 16.3 Å². The molecule has 1 aliphatic rings. The summed E-state index contributed by atoms with van der Waals surface area (Å²) >= 11 is 6.25. The van der Waals surface area contributed by atoms with Crippen LogP contribution in [0.4, 0.5) is 0 Å². The SMILES string of the molecule is Cc1cc(C(C)N(Cc2ccc(OCCn3c(O)ccc3O)c(C)c2)C2CC(C(=O)O)C2)ccc1Cl. The van der Waals surface area contributed by atoms with E-state index in [0.29, 0.717) is 32.5 Å². The van der Waals surface area contributed by atoms with Crippen LogP contribution < -0.4 is 4.74 Å². The molecule has 1 aliphatic carbocycles. The summed E-state index contributed by atoms with van der Waals surface area (Å²) in [6.07, 6.45) is 1.29. The van der Waals surface area contributed by atoms with Crippen molar-refractivity contribution in [3.8, 4) is 17.5 Å². The number of aromatic hydroxyl groups is 2. The predicted octanol–water partition coefficient (Wildman–Crippen LogP) is 5.67. The third-order valence-electron chi connectivity index (χ3n) is 7.20. The maximum Gasteiger partial charge on any atom is 0.306 e. The summed E-state index contributed by atoms with van der Waals surface area (Å²) in [7, 11) is 0. The minimum Gasteiger partial charge on any atom is -0.494 e. The van der Waals surface area contributed by atoms with Gasteiger partial charge in [-0.05, 0) is 68.0 Å². The van der Waals surface area contributed by atoms with Crippen LogP contribution in [0.1, 0.15) is 48.1 Å². The quantitative estimate of drug-likeness (QED) is 0.324. The Labute approximate surface area is 216 Å². The van der Waals surface area contributed by atoms with Crippen LogP contribution in [0.2, 0.25) is 5.02 Å². The van der Waals surface area contributed by atoms with Crippen LogP contribution >= 0.6 is 11.6 Å². The number of halogens is 1. The second kappa shape index (κ2) is 10.8. The number of carboxylic acid groups (broad SMARTS) is 1. The number of hydrogen-bond donors (Lipinski definition) is 3. The van der Waals surface area contributed by atoms with Gasteiger partial charge in [0, 0.05) is 35.8 Å². The normalized spacial score (nSPS) is 18.1. The Morgan fingerprint density at radius 3 is 2.39 bits per heavy atom. The highest BCUT2D eigenvalue weighted by atomic mass is 35.5. The standard InChI is InChI=1S/C28H33ClN2O5/c1-17-13-21(5-6-24(17)29)19(3)31(23-14-22(15-23)28(34)35)16-20-4-7-25(18(2)12-20)36-11-10-30-26(32)8-9-27(30)33/h4-9,12-13,19,22-23,32-33H,10-11,14-16H2,1-3H3,(H,34,35). The Bertz CT molecular complexity index is 1220. The molecule has 3 N–H and O–H groups in total. The van der Waals surface area contributed by atoms with Gasteiger partial charge in [0.1, 0.15) is 12.4 Å². The first-order valence-electron chi connectivity index (χ1n) is 12.2. The first-order chi connectivity index (χ1) is 17.1. The first-order valence-corrected chi connectivity index (χ1v) is 12.6. The lowest BCUT2D eigenvalue weighted by atomic mass is 9.78. The van der Waals surface area contributed by atoms with Gasteiger partial charge in [-0.25, -0.2) is 0 Å². The van der Waals surface area contributed by atoms with E-state index >= 15 is 0 Å². The number of aryl methyl sites for hydroxylation is 2. The van der Waals surface area contributed by atoms with Crippen LogP contribution in [-0.2, 0) is 17.9 Å². The van der Waals surface area contributed by atoms with Crippen molar-refractivity contribution in [2.75, 3.05) is 6.61 Å². The Hall–Kier alpha value is -3.16. The fraction of sp³-hybridized carbons (Fsp3) is 0.393. The molecule has 1 saturated carbocycles. The van der Waals surface area contributed by atoms with Gasteiger partial charge in [0.15, 0.2) is 11.8 Å². The third-order valence-corrected chi connectivity index (χ3v) is 7.63. The van der Waals surface area contributed by atoms with Gasteiger partial charge in [-0.15, -0.1) is 0 Å². The topological polar surface area (TPSA) is 95.2 Å². The molecular formula is C28H33ClN2O5. The van der Waals surface area contributed by atoms with Crippen molar-refractivity contribution in [1.29, 1.82) is 0 Å². The molecule has 1 aromatic heterocycles. The number of ether oxygens (including phenoxy) is 1. The smallest absolute Gasteiger partial charge is 0.306 e. The summed E-state index contributed by atoms with van der Waals surface area (Å²) in [4.78, 5) is 13.8. The highest BCUT2D eigenvalue weighted by molar-refractivity contribution is 6.31. The molecule has 1 heterocycles. The molecule has 1 unspecified atom stereocenters. The second-order valence-electron chi connectivity index (χ2n) is 9.67. The van der Waals surface area contributed by atoms with Gasteiger partial charge >= 0.3 is 5.97 Å². The van der Waals surface area contributed by atoms with Crippen molar-refractivity contribution >= 4 is 17.6 Å². The van der Waals surface area contributed by atoms with Crippen LogP contribution in [0.25, 0.3) is 0 Å². The van der Waals surface area contributed by atoms with E-state index < -0.39 is 5.97 Å². The summed E-state index contributed by atoms with van der Waals surface area (Å²) < 4.78 is 7.29. The largest absolute Gasteiger partial charge is 0.494 e. The lowest BCUT2D eigenvalue weighted by Gasteiger charge is -2.44. The minimum atomic E-state index is -0.722. The number of carbonyl (C=O) groups is 1. The van der Waals surface area contributed by atoms with Gasteiger partial charge in [-0.2, -0.15) is 0 Å². The average Bonchev–Trinajstić information content (AvgIpc) is 3.12. The summed E-state index contributed by atoms with van der Waals surface area (Å²) in [5.74, 6) is -0.274. The fourth-order valence-corrected chi connectivity index (χ4v) is 4.98. The van der Waals surface area contributed by atoms with Gasteiger partial charge < -0.3 is 20.1 Å². The van der Waals surface area contributed by atoms with E-state index in [2.05, 4.69) is 24.0 Å². The molecule has 0 radical (unpaired) electrons. The van der Waals surface area contributed by atoms with Crippen molar-refractivity contribution in [3.63, 3.8) is 0 Å². The Morgan fingerprint density at radius 2 is 1.78 bits per heavy atom. The summed E-state index contributed by atoms with van der Waals surface area (Å²) in [5.41, 5.74) is 4.29. The third kappa shape index (κ3) is 5.63. The van der Waals surface area contributed by atoms with Crippen molar-refractivity contribution in [2.45, 2.75) is 58.8 Å². The molecule has 0 aliphatic heterocycles. The van der Waals surface area contributed by atoms with Crippen LogP contribution in [0.5, 0.6) is 17.5 Å². The monoisotopic (exact) mass is 512 g/mol. The Morgan fingerprint density at radius 1 is 1.08 bits per heavy atom. The number of rotatable bonds is 10. The second-order valence-corrected chi connectivity index (χ2v) is 10.1. The van der Waals surface area contributed by atoms with Gasteiger partial charge in [0.25, 0.3) is 0 Å². The molecule has 36 heavy (non-hydrogen) atoms. The molecule has 0 bridgehead atoms. The minimum absolute atomic E-state index is 0.00519. The van der Waals surface area contributed by atoms with E-state index in [9.17, 15) is 20.1 Å². The van der Waals surface area contributed by atoms with Crippen molar-refractivity contribution in [1.82, 2.24) is 9.47 Å². The van der Waals surface area contributed by atoms with Crippen LogP contribution in [0.3, 0.4) is 0 Å². The zero-order valence-corrected chi connectivity index (χ0v) is 21.6. The lowest BCUT2D eigenvalue weighted by molar-refractivity contribution is -0.147. The molecule has 1 fully saturated rings. The maximum absolute atomic E-state index is 11.4. The number of benzene rings is 2. The zero-order valence-electron chi connectivity index (χ0n) is 20.8. The summed E-state index contributed by atoms with van der Waals surface area (Å²) in [5, 5.41) is 29.7. The molecule has 192 valence electrons. The molecule has 8 heteroatoms. The average molecular weight is 513 g/mol. The lowest BCUT2D eigenvalue weighted by Crippen LogP contribution is -2.47. The first kappa shape index (κ1) is 25.9. The highest BCUT2D eigenvalue weighted by Crippen LogP contribution is 2.38. The molecule has 4 rings (SSSR count). The molecule has 0 amide bonds. The number of aromatic nitrogens is 1. The van der Waals surface area contributed by atoms with Crippen LogP contribution in [-0.4, -0.2) is 43.4 Å². The van der Waals surface area contributed by atoms with Gasteiger partial charge in [-0.1, -0.05) is 35.9 Å². The van der Waals surface area contributed by atoms with E-state index in [1.54, 1.807) is 0 Å². The van der Waals surface area contributed by atoms with Gasteiger partial charge in [0.05, 0.1) is 12.5 Å². The fourth-order valence-electron chi connectivity index (χ4n) is 4.87. The molecule has 0 spiro atoms. The van der Waals surface area contributed by atoms with Crippen molar-refractivity contribution in [3.05, 3.63) is 75.8 Å². The van der Waals surface area contributed by atoms with Crippen molar-refractivity contribution in [2.24, 2.45) is 5.92 Å². The van der Waals surface area contributed by atoms with E-state index in [-0.39, 0.29) is 29.8 Å². The Kier molecular flexibility index (Phi) is 7.81. The molecule has 3 aromatic rings. The number of aliphatic carboxylic acids is 1. The van der Waals surface area contributed by atoms with Crippen molar-refractivity contribution < 1.29 is 24.9 Å². The predicted molar refractivity (Wildman–Crippen MR) is 139 cm³/mol. The highest BCUT2D eigenvalue weighted by Gasteiger charge is 2.39. The van der Waals surface area contributed by atoms with E-state index in [1.165, 1.54) is 16.7 Å². The summed E-state index contributed by atoms with van der Waals surface area (Å²) in [6.45, 7) is 7.45. The van der Waals surface area contributed by atoms with E-state index in [0.717, 1.165) is 33.0 Å². The number of hydrogen-bond acceptors (Lipinski definition) is 5. The number of carboxylic acids is 1. The maximum atomic E-state index is 11.4. The molecule has 1 atom stereocenters. The van der Waals surface area contributed by atoms with Crippen LogP contribution in [0, 0.1) is 19.8 Å². The molecule has 7 nitrogen and oxygen atoms in total. The number of nitrogens with zero attached hydrogens (tertiary/aromatic N) is 2. The zero-order chi connectivity index (χ0) is 26.0. The summed E-state index contributed by atoms with van der Waals surface area (Å²) in [6, 6.07) is 15.3. The molecular weight excluding hydrogens is 480 g/mol. The molecule has 0 saturated heterocycles. The van der Waals surface area contributed by atoms with E-state index in [1.807, 2.05) is 38.1 Å². The van der Waals surface area contributed by atoms with Gasteiger partial charge in [-0.3, -0.25) is 14.3 Å².